The zero-order valence-corrected chi connectivity index (χ0v) is 7.53. The first-order valence-corrected chi connectivity index (χ1v) is 4.56. The van der Waals surface area contributed by atoms with Gasteiger partial charge in [-0.15, -0.1) is 0 Å². The molecule has 0 aromatic rings. The summed E-state index contributed by atoms with van der Waals surface area (Å²) in [4.78, 5) is 0. The molecule has 0 rings (SSSR count). The maximum absolute atomic E-state index is 3.82. The second-order valence-electron chi connectivity index (χ2n) is 3.45. The van der Waals surface area contributed by atoms with E-state index in [1.54, 1.807) is 0 Å². The Morgan fingerprint density at radius 2 is 1.55 bits per heavy atom. The fraction of sp³-hybridized carbons (Fsp3) is 0.900. The maximum Gasteiger partial charge on any atom is 0.316 e. The number of unbranched alkanes of at least 4 members (excludes halogenated alkanes) is 4. The van der Waals surface area contributed by atoms with E-state index in [0.717, 1.165) is 12.3 Å². The normalized spacial score (nSPS) is 9.82. The molecule has 0 nitrogen and oxygen atoms in total. The molecule has 0 heterocycles. The van der Waals surface area contributed by atoms with Crippen molar-refractivity contribution < 1.29 is 0 Å². The summed E-state index contributed by atoms with van der Waals surface area (Å²) >= 11 is 0. The lowest BCUT2D eigenvalue weighted by Gasteiger charge is -2.02. The SMILES string of the molecule is [CH2]CCCCCCC(C)C.[MgH2]. The van der Waals surface area contributed by atoms with Gasteiger partial charge in [-0.2, -0.15) is 0 Å². The second kappa shape index (κ2) is 10.8. The van der Waals surface area contributed by atoms with E-state index < -0.39 is 0 Å². The predicted molar refractivity (Wildman–Crippen MR) is 56.4 cm³/mol. The van der Waals surface area contributed by atoms with Crippen molar-refractivity contribution in [2.45, 2.75) is 52.4 Å². The highest BCUT2D eigenvalue weighted by Crippen LogP contribution is 2.09. The highest BCUT2D eigenvalue weighted by Gasteiger charge is 1.92. The van der Waals surface area contributed by atoms with Gasteiger partial charge in [0.1, 0.15) is 0 Å². The number of rotatable bonds is 6. The molecule has 11 heavy (non-hydrogen) atoms. The van der Waals surface area contributed by atoms with E-state index in [1.807, 2.05) is 0 Å². The average Bonchev–Trinajstić information content (AvgIpc) is 1.87. The highest BCUT2D eigenvalue weighted by molar-refractivity contribution is 5.75. The number of hydrogen-bond donors (Lipinski definition) is 0. The van der Waals surface area contributed by atoms with Crippen molar-refractivity contribution in [3.8, 4) is 0 Å². The third kappa shape index (κ3) is 13.7. The zero-order chi connectivity index (χ0) is 7.82. The summed E-state index contributed by atoms with van der Waals surface area (Å²) in [5.41, 5.74) is 0. The van der Waals surface area contributed by atoms with Gasteiger partial charge in [0.2, 0.25) is 0 Å². The molecular formula is C10H23Mg. The Hall–Kier alpha value is 0.766. The van der Waals surface area contributed by atoms with E-state index >= 15 is 0 Å². The first-order valence-electron chi connectivity index (χ1n) is 4.56. The summed E-state index contributed by atoms with van der Waals surface area (Å²) in [6.45, 7) is 8.40. The van der Waals surface area contributed by atoms with Crippen LogP contribution in [0.2, 0.25) is 0 Å². The smallest absolute Gasteiger partial charge is 0.0628 e. The summed E-state index contributed by atoms with van der Waals surface area (Å²) in [6, 6.07) is 0. The van der Waals surface area contributed by atoms with Gasteiger partial charge in [-0.05, 0) is 5.92 Å². The quantitative estimate of drug-likeness (QED) is 0.422. The first-order chi connectivity index (χ1) is 4.77. The highest BCUT2D eigenvalue weighted by atomic mass is 24.3. The molecule has 1 radical (unpaired) electrons. The van der Waals surface area contributed by atoms with Crippen LogP contribution in [-0.2, 0) is 0 Å². The summed E-state index contributed by atoms with van der Waals surface area (Å²) in [5, 5.41) is 0. The largest absolute Gasteiger partial charge is 0.316 e. The van der Waals surface area contributed by atoms with Crippen LogP contribution in [0.3, 0.4) is 0 Å². The molecule has 0 spiro atoms. The lowest BCUT2D eigenvalue weighted by Crippen LogP contribution is -1.86. The van der Waals surface area contributed by atoms with Crippen molar-refractivity contribution in [2.24, 2.45) is 5.92 Å². The molecule has 0 aromatic carbocycles. The summed E-state index contributed by atoms with van der Waals surface area (Å²) in [5.74, 6) is 0.889. The Morgan fingerprint density at radius 3 is 2.00 bits per heavy atom. The van der Waals surface area contributed by atoms with Crippen LogP contribution in [0.4, 0.5) is 0 Å². The Morgan fingerprint density at radius 1 is 1.00 bits per heavy atom. The van der Waals surface area contributed by atoms with E-state index in [4.69, 9.17) is 0 Å². The Labute approximate surface area is 88.3 Å². The van der Waals surface area contributed by atoms with Gasteiger partial charge < -0.3 is 0 Å². The molecule has 0 saturated carbocycles. The van der Waals surface area contributed by atoms with Crippen molar-refractivity contribution >= 4 is 23.1 Å². The average molecular weight is 168 g/mol. The zero-order valence-electron chi connectivity index (χ0n) is 7.53. The topological polar surface area (TPSA) is 0 Å². The van der Waals surface area contributed by atoms with E-state index in [1.165, 1.54) is 32.1 Å². The molecule has 0 aliphatic rings. The van der Waals surface area contributed by atoms with E-state index in [0.29, 0.717) is 0 Å². The first kappa shape index (κ1) is 14.3. The fourth-order valence-electron chi connectivity index (χ4n) is 1.08. The standard InChI is InChI=1S/C10H21.Mg.2H/c1-4-5-6-7-8-9-10(2)3;;;/h10H,1,4-9H2,2-3H3;;;. The van der Waals surface area contributed by atoms with Crippen molar-refractivity contribution in [3.05, 3.63) is 6.92 Å². The van der Waals surface area contributed by atoms with Crippen LogP contribution < -0.4 is 0 Å². The summed E-state index contributed by atoms with van der Waals surface area (Å²) in [7, 11) is 0. The lowest BCUT2D eigenvalue weighted by molar-refractivity contribution is 0.521. The monoisotopic (exact) mass is 167 g/mol. The summed E-state index contributed by atoms with van der Waals surface area (Å²) in [6.07, 6.45) is 8.04. The van der Waals surface area contributed by atoms with Gasteiger partial charge in [0, 0.05) is 0 Å². The minimum Gasteiger partial charge on any atom is -0.0628 e. The molecule has 0 unspecified atom stereocenters. The third-order valence-corrected chi connectivity index (χ3v) is 1.78. The molecule has 0 amide bonds. The van der Waals surface area contributed by atoms with Crippen LogP contribution in [-0.4, -0.2) is 23.1 Å². The Balaban J connectivity index is 0. The van der Waals surface area contributed by atoms with Gasteiger partial charge >= 0.3 is 23.1 Å². The van der Waals surface area contributed by atoms with Gasteiger partial charge in [-0.25, -0.2) is 0 Å². The van der Waals surface area contributed by atoms with Gasteiger partial charge in [-0.3, -0.25) is 0 Å². The van der Waals surface area contributed by atoms with Crippen LogP contribution in [0.5, 0.6) is 0 Å². The Kier molecular flexibility index (Phi) is 14.0. The third-order valence-electron chi connectivity index (χ3n) is 1.78. The predicted octanol–water partition coefficient (Wildman–Crippen LogP) is 2.90. The van der Waals surface area contributed by atoms with E-state index in [2.05, 4.69) is 20.8 Å². The lowest BCUT2D eigenvalue weighted by atomic mass is 10.0. The van der Waals surface area contributed by atoms with Crippen molar-refractivity contribution in [1.29, 1.82) is 0 Å². The molecule has 0 saturated heterocycles. The molecule has 0 fully saturated rings. The molecule has 1 heteroatoms. The van der Waals surface area contributed by atoms with Crippen LogP contribution in [0.1, 0.15) is 52.4 Å². The molecule has 0 aliphatic carbocycles. The fourth-order valence-corrected chi connectivity index (χ4v) is 1.08. The van der Waals surface area contributed by atoms with Gasteiger partial charge in [0.15, 0.2) is 0 Å². The van der Waals surface area contributed by atoms with Crippen LogP contribution in [0, 0.1) is 12.8 Å². The van der Waals surface area contributed by atoms with Crippen molar-refractivity contribution in [2.75, 3.05) is 0 Å². The molecule has 0 bridgehead atoms. The van der Waals surface area contributed by atoms with Crippen LogP contribution in [0.15, 0.2) is 0 Å². The van der Waals surface area contributed by atoms with E-state index in [-0.39, 0.29) is 23.1 Å². The van der Waals surface area contributed by atoms with Crippen LogP contribution >= 0.6 is 0 Å². The number of hydrogen-bond acceptors (Lipinski definition) is 0. The molecule has 0 atom stereocenters. The maximum atomic E-state index is 3.82. The Bertz CT molecular complexity index is 59.9. The minimum absolute atomic E-state index is 0. The van der Waals surface area contributed by atoms with Gasteiger partial charge in [0.25, 0.3) is 0 Å². The van der Waals surface area contributed by atoms with Crippen molar-refractivity contribution in [3.63, 3.8) is 0 Å². The van der Waals surface area contributed by atoms with Gasteiger partial charge in [-0.1, -0.05) is 59.3 Å². The van der Waals surface area contributed by atoms with Gasteiger partial charge in [0.05, 0.1) is 0 Å². The molecule has 0 N–H and O–H groups in total. The molecule has 0 aromatic heterocycles. The second-order valence-corrected chi connectivity index (χ2v) is 3.45. The van der Waals surface area contributed by atoms with Crippen molar-refractivity contribution in [1.82, 2.24) is 0 Å². The molecular weight excluding hydrogens is 144 g/mol. The molecule has 0 aliphatic heterocycles. The minimum atomic E-state index is 0. The van der Waals surface area contributed by atoms with E-state index in [9.17, 15) is 0 Å². The van der Waals surface area contributed by atoms with Crippen LogP contribution in [0.25, 0.3) is 0 Å². The summed E-state index contributed by atoms with van der Waals surface area (Å²) < 4.78 is 0. The molecule has 65 valence electrons.